The molecule has 0 radical (unpaired) electrons. The van der Waals surface area contributed by atoms with Crippen LogP contribution in [0.5, 0.6) is 0 Å². The number of hydrogen-bond acceptors (Lipinski definition) is 3. The van der Waals surface area contributed by atoms with Crippen LogP contribution in [0.15, 0.2) is 60.7 Å². The minimum absolute atomic E-state index is 0.119. The van der Waals surface area contributed by atoms with Crippen molar-refractivity contribution >= 4 is 17.8 Å². The monoisotopic (exact) mass is 349 g/mol. The molecule has 0 saturated carbocycles. The van der Waals surface area contributed by atoms with E-state index in [9.17, 15) is 14.4 Å². The maximum Gasteiger partial charge on any atom is 0.325 e. The number of urea groups is 1. The lowest BCUT2D eigenvalue weighted by atomic mass is 9.99. The number of benzene rings is 2. The predicted molar refractivity (Wildman–Crippen MR) is 95.2 cm³/mol. The number of imide groups is 1. The van der Waals surface area contributed by atoms with Crippen molar-refractivity contribution < 1.29 is 14.4 Å². The maximum atomic E-state index is 13.0. The Kier molecular flexibility index (Phi) is 3.95. The first-order valence-electron chi connectivity index (χ1n) is 8.61. The van der Waals surface area contributed by atoms with Gasteiger partial charge in [-0.2, -0.15) is 0 Å². The van der Waals surface area contributed by atoms with Gasteiger partial charge in [0, 0.05) is 12.1 Å². The van der Waals surface area contributed by atoms with Crippen LogP contribution in [0.25, 0.3) is 0 Å². The van der Waals surface area contributed by atoms with Crippen LogP contribution in [0, 0.1) is 0 Å². The molecule has 0 bridgehead atoms. The number of carbonyl (C=O) groups is 3. The second-order valence-electron chi connectivity index (χ2n) is 6.73. The standard InChI is InChI=1S/C20H19N3O3/c24-17(16-9-5-2-6-10-16)22-12-11-20(14-22)18(25)23(19(26)21-20)13-15-7-3-1-4-8-15/h1-10H,11-14H2,(H,21,26). The van der Waals surface area contributed by atoms with Crippen LogP contribution in [0.1, 0.15) is 22.3 Å². The summed E-state index contributed by atoms with van der Waals surface area (Å²) in [6.45, 7) is 0.884. The number of nitrogens with zero attached hydrogens (tertiary/aromatic N) is 2. The molecule has 1 N–H and O–H groups in total. The Bertz CT molecular complexity index is 853. The molecule has 0 aromatic heterocycles. The zero-order chi connectivity index (χ0) is 18.1. The molecule has 2 saturated heterocycles. The second-order valence-corrected chi connectivity index (χ2v) is 6.73. The van der Waals surface area contributed by atoms with Gasteiger partial charge >= 0.3 is 6.03 Å². The molecule has 2 aliphatic heterocycles. The minimum atomic E-state index is -1.00. The van der Waals surface area contributed by atoms with E-state index in [0.717, 1.165) is 5.56 Å². The van der Waals surface area contributed by atoms with Gasteiger partial charge in [0.2, 0.25) is 0 Å². The number of rotatable bonds is 3. The smallest absolute Gasteiger partial charge is 0.325 e. The molecule has 6 heteroatoms. The molecule has 4 amide bonds. The first kappa shape index (κ1) is 16.3. The van der Waals surface area contributed by atoms with Crippen molar-refractivity contribution in [3.05, 3.63) is 71.8 Å². The molecule has 2 aromatic rings. The van der Waals surface area contributed by atoms with Crippen LogP contribution in [-0.2, 0) is 11.3 Å². The Hall–Kier alpha value is -3.15. The molecule has 2 aromatic carbocycles. The van der Waals surface area contributed by atoms with Gasteiger partial charge < -0.3 is 10.2 Å². The van der Waals surface area contributed by atoms with E-state index in [-0.39, 0.29) is 24.9 Å². The second kappa shape index (κ2) is 6.29. The summed E-state index contributed by atoms with van der Waals surface area (Å²) in [5, 5.41) is 2.83. The topological polar surface area (TPSA) is 69.7 Å². The van der Waals surface area contributed by atoms with Gasteiger partial charge in [-0.25, -0.2) is 4.79 Å². The lowest BCUT2D eigenvalue weighted by Crippen LogP contribution is -2.49. The minimum Gasteiger partial charge on any atom is -0.336 e. The third-order valence-corrected chi connectivity index (χ3v) is 5.01. The summed E-state index contributed by atoms with van der Waals surface area (Å²) in [5.41, 5.74) is 0.474. The van der Waals surface area contributed by atoms with Crippen molar-refractivity contribution in [3.63, 3.8) is 0 Å². The molecule has 6 nitrogen and oxygen atoms in total. The average Bonchev–Trinajstić information content (AvgIpc) is 3.20. The Labute approximate surface area is 151 Å². The van der Waals surface area contributed by atoms with Crippen LogP contribution in [0.4, 0.5) is 4.79 Å². The van der Waals surface area contributed by atoms with E-state index in [1.807, 2.05) is 48.5 Å². The van der Waals surface area contributed by atoms with E-state index >= 15 is 0 Å². The molecule has 1 spiro atoms. The van der Waals surface area contributed by atoms with Crippen LogP contribution in [0.3, 0.4) is 0 Å². The average molecular weight is 349 g/mol. The normalized spacial score (nSPS) is 22.2. The first-order valence-corrected chi connectivity index (χ1v) is 8.61. The summed E-state index contributed by atoms with van der Waals surface area (Å²) < 4.78 is 0. The molecule has 2 fully saturated rings. The summed E-state index contributed by atoms with van der Waals surface area (Å²) in [4.78, 5) is 40.9. The molecule has 132 valence electrons. The van der Waals surface area contributed by atoms with Gasteiger partial charge in [0.15, 0.2) is 0 Å². The number of carbonyl (C=O) groups excluding carboxylic acids is 3. The lowest BCUT2D eigenvalue weighted by molar-refractivity contribution is -0.131. The SMILES string of the molecule is O=C(c1ccccc1)N1CCC2(C1)NC(=O)N(Cc1ccccc1)C2=O. The first-order chi connectivity index (χ1) is 12.6. The third-order valence-electron chi connectivity index (χ3n) is 5.01. The van der Waals surface area contributed by atoms with Crippen LogP contribution in [-0.4, -0.2) is 46.3 Å². The zero-order valence-corrected chi connectivity index (χ0v) is 14.2. The number of hydrogen-bond donors (Lipinski definition) is 1. The van der Waals surface area contributed by atoms with E-state index in [4.69, 9.17) is 0 Å². The molecule has 2 aliphatic rings. The van der Waals surface area contributed by atoms with E-state index in [1.54, 1.807) is 17.0 Å². The Morgan fingerprint density at radius 3 is 2.35 bits per heavy atom. The summed E-state index contributed by atoms with van der Waals surface area (Å²) in [5.74, 6) is -0.374. The van der Waals surface area contributed by atoms with Crippen molar-refractivity contribution in [1.82, 2.24) is 15.1 Å². The molecule has 26 heavy (non-hydrogen) atoms. The van der Waals surface area contributed by atoms with E-state index in [1.165, 1.54) is 4.90 Å². The van der Waals surface area contributed by atoms with E-state index in [2.05, 4.69) is 5.32 Å². The Balaban J connectivity index is 1.50. The van der Waals surface area contributed by atoms with Crippen molar-refractivity contribution in [2.75, 3.05) is 13.1 Å². The number of likely N-dealkylation sites (tertiary alicyclic amines) is 1. The van der Waals surface area contributed by atoms with Crippen LogP contribution >= 0.6 is 0 Å². The molecule has 1 unspecified atom stereocenters. The highest BCUT2D eigenvalue weighted by atomic mass is 16.2. The van der Waals surface area contributed by atoms with Gasteiger partial charge in [-0.3, -0.25) is 14.5 Å². The molecular weight excluding hydrogens is 330 g/mol. The summed E-state index contributed by atoms with van der Waals surface area (Å²) >= 11 is 0. The van der Waals surface area contributed by atoms with Gasteiger partial charge in [-0.15, -0.1) is 0 Å². The molecule has 1 atom stereocenters. The number of nitrogens with one attached hydrogen (secondary N) is 1. The van der Waals surface area contributed by atoms with Gasteiger partial charge in [-0.1, -0.05) is 48.5 Å². The van der Waals surface area contributed by atoms with Gasteiger partial charge in [-0.05, 0) is 24.1 Å². The highest BCUT2D eigenvalue weighted by Gasteiger charge is 2.55. The zero-order valence-electron chi connectivity index (χ0n) is 14.2. The summed E-state index contributed by atoms with van der Waals surface area (Å²) in [7, 11) is 0. The van der Waals surface area contributed by atoms with Gasteiger partial charge in [0.25, 0.3) is 11.8 Å². The van der Waals surface area contributed by atoms with Crippen molar-refractivity contribution in [1.29, 1.82) is 0 Å². The fourth-order valence-corrected chi connectivity index (χ4v) is 3.61. The van der Waals surface area contributed by atoms with Crippen molar-refractivity contribution in [2.45, 2.75) is 18.5 Å². The molecule has 0 aliphatic carbocycles. The molecular formula is C20H19N3O3. The maximum absolute atomic E-state index is 13.0. The largest absolute Gasteiger partial charge is 0.336 e. The van der Waals surface area contributed by atoms with Crippen molar-refractivity contribution in [3.8, 4) is 0 Å². The predicted octanol–water partition coefficient (Wildman–Crippen LogP) is 2.02. The third kappa shape index (κ3) is 2.73. The fourth-order valence-electron chi connectivity index (χ4n) is 3.61. The van der Waals surface area contributed by atoms with Crippen LogP contribution in [0.2, 0.25) is 0 Å². The van der Waals surface area contributed by atoms with Crippen molar-refractivity contribution in [2.24, 2.45) is 0 Å². The number of amides is 4. The highest BCUT2D eigenvalue weighted by molar-refractivity contribution is 6.08. The Morgan fingerprint density at radius 2 is 1.65 bits per heavy atom. The van der Waals surface area contributed by atoms with Gasteiger partial charge in [0.1, 0.15) is 5.54 Å². The van der Waals surface area contributed by atoms with Crippen LogP contribution < -0.4 is 5.32 Å². The lowest BCUT2D eigenvalue weighted by Gasteiger charge is -2.22. The highest BCUT2D eigenvalue weighted by Crippen LogP contribution is 2.30. The molecule has 2 heterocycles. The van der Waals surface area contributed by atoms with E-state index in [0.29, 0.717) is 18.5 Å². The quantitative estimate of drug-likeness (QED) is 0.862. The Morgan fingerprint density at radius 1 is 1.00 bits per heavy atom. The van der Waals surface area contributed by atoms with E-state index < -0.39 is 11.6 Å². The molecule has 4 rings (SSSR count). The fraction of sp³-hybridized carbons (Fsp3) is 0.250. The summed E-state index contributed by atoms with van der Waals surface area (Å²) in [6.07, 6.45) is 0.432. The summed E-state index contributed by atoms with van der Waals surface area (Å²) in [6, 6.07) is 18.0. The van der Waals surface area contributed by atoms with Gasteiger partial charge in [0.05, 0.1) is 13.1 Å².